The predicted octanol–water partition coefficient (Wildman–Crippen LogP) is 1.15. The Morgan fingerprint density at radius 1 is 1.39 bits per heavy atom. The average molecular weight is 248 g/mol. The Labute approximate surface area is 108 Å². The van der Waals surface area contributed by atoms with E-state index in [0.29, 0.717) is 13.2 Å². The molecule has 3 atom stereocenters. The third kappa shape index (κ3) is 2.89. The number of aryl methyl sites for hydroxylation is 1. The van der Waals surface area contributed by atoms with Gasteiger partial charge >= 0.3 is 0 Å². The van der Waals surface area contributed by atoms with Gasteiger partial charge in [0.15, 0.2) is 0 Å². The normalized spacial score (nSPS) is 24.8. The summed E-state index contributed by atoms with van der Waals surface area (Å²) in [6.45, 7) is 4.91. The van der Waals surface area contributed by atoms with Gasteiger partial charge in [-0.1, -0.05) is 29.8 Å². The maximum absolute atomic E-state index is 12.0. The van der Waals surface area contributed by atoms with Crippen molar-refractivity contribution >= 4 is 5.91 Å². The molecule has 18 heavy (non-hydrogen) atoms. The van der Waals surface area contributed by atoms with Crippen molar-refractivity contribution in [3.8, 4) is 0 Å². The molecule has 4 heteroatoms. The Hall–Kier alpha value is -1.39. The van der Waals surface area contributed by atoms with Gasteiger partial charge in [0.1, 0.15) is 0 Å². The Kier molecular flexibility index (Phi) is 3.99. The van der Waals surface area contributed by atoms with E-state index in [-0.39, 0.29) is 23.9 Å². The highest BCUT2D eigenvalue weighted by Crippen LogP contribution is 2.16. The molecule has 0 aliphatic carbocycles. The van der Waals surface area contributed by atoms with Crippen LogP contribution in [0.2, 0.25) is 0 Å². The van der Waals surface area contributed by atoms with Crippen LogP contribution in [0.4, 0.5) is 0 Å². The van der Waals surface area contributed by atoms with Crippen molar-refractivity contribution in [3.05, 3.63) is 35.4 Å². The topological polar surface area (TPSA) is 64.3 Å². The Morgan fingerprint density at radius 2 is 2.06 bits per heavy atom. The molecule has 1 amide bonds. The second-order valence-electron chi connectivity index (χ2n) is 4.95. The van der Waals surface area contributed by atoms with Crippen molar-refractivity contribution in [1.82, 2.24) is 5.32 Å². The van der Waals surface area contributed by atoms with Crippen LogP contribution in [0.1, 0.15) is 24.1 Å². The second-order valence-corrected chi connectivity index (χ2v) is 4.95. The number of ether oxygens (including phenoxy) is 1. The molecular formula is C14H20N2O2. The molecule has 1 aliphatic heterocycles. The van der Waals surface area contributed by atoms with Gasteiger partial charge in [-0.3, -0.25) is 4.79 Å². The maximum Gasteiger partial charge on any atom is 0.227 e. The smallest absolute Gasteiger partial charge is 0.227 e. The zero-order valence-corrected chi connectivity index (χ0v) is 10.8. The molecule has 1 aromatic carbocycles. The fourth-order valence-corrected chi connectivity index (χ4v) is 2.10. The van der Waals surface area contributed by atoms with Gasteiger partial charge in [0, 0.05) is 6.04 Å². The van der Waals surface area contributed by atoms with Crippen molar-refractivity contribution in [3.63, 3.8) is 0 Å². The van der Waals surface area contributed by atoms with Crippen LogP contribution in [0.5, 0.6) is 0 Å². The summed E-state index contributed by atoms with van der Waals surface area (Å²) in [5.74, 6) is -0.244. The molecule has 1 aromatic rings. The fourth-order valence-electron chi connectivity index (χ4n) is 2.10. The summed E-state index contributed by atoms with van der Waals surface area (Å²) < 4.78 is 5.21. The summed E-state index contributed by atoms with van der Waals surface area (Å²) in [6, 6.07) is 7.96. The summed E-state index contributed by atoms with van der Waals surface area (Å²) in [5.41, 5.74) is 8.14. The van der Waals surface area contributed by atoms with E-state index < -0.39 is 0 Å². The van der Waals surface area contributed by atoms with Gasteiger partial charge < -0.3 is 15.8 Å². The number of benzene rings is 1. The summed E-state index contributed by atoms with van der Waals surface area (Å²) >= 11 is 0. The molecule has 1 aliphatic rings. The number of nitrogens with two attached hydrogens (primary N) is 1. The molecule has 2 rings (SSSR count). The number of carbonyl (C=O) groups excluding carboxylic acids is 1. The molecular weight excluding hydrogens is 228 g/mol. The van der Waals surface area contributed by atoms with E-state index in [0.717, 1.165) is 5.56 Å². The number of nitrogens with one attached hydrogen (secondary N) is 1. The van der Waals surface area contributed by atoms with E-state index in [4.69, 9.17) is 10.5 Å². The lowest BCUT2D eigenvalue weighted by Crippen LogP contribution is -2.41. The highest BCUT2D eigenvalue weighted by atomic mass is 16.5. The van der Waals surface area contributed by atoms with Gasteiger partial charge in [-0.25, -0.2) is 0 Å². The van der Waals surface area contributed by atoms with E-state index in [9.17, 15) is 4.79 Å². The van der Waals surface area contributed by atoms with Crippen molar-refractivity contribution < 1.29 is 9.53 Å². The second kappa shape index (κ2) is 5.50. The fraction of sp³-hybridized carbons (Fsp3) is 0.500. The molecule has 3 N–H and O–H groups in total. The van der Waals surface area contributed by atoms with Crippen LogP contribution < -0.4 is 11.1 Å². The van der Waals surface area contributed by atoms with E-state index >= 15 is 0 Å². The lowest BCUT2D eigenvalue weighted by atomic mass is 10.0. The Balaban J connectivity index is 1.96. The summed E-state index contributed by atoms with van der Waals surface area (Å²) in [7, 11) is 0. The quantitative estimate of drug-likeness (QED) is 0.843. The van der Waals surface area contributed by atoms with Crippen LogP contribution in [-0.4, -0.2) is 25.2 Å². The van der Waals surface area contributed by atoms with Gasteiger partial charge in [0.2, 0.25) is 5.91 Å². The van der Waals surface area contributed by atoms with Crippen LogP contribution in [0.25, 0.3) is 0 Å². The van der Waals surface area contributed by atoms with Crippen LogP contribution >= 0.6 is 0 Å². The molecule has 1 fully saturated rings. The highest BCUT2D eigenvalue weighted by molar-refractivity contribution is 5.80. The Bertz CT molecular complexity index is 416. The van der Waals surface area contributed by atoms with Gasteiger partial charge in [-0.2, -0.15) is 0 Å². The Morgan fingerprint density at radius 3 is 2.61 bits per heavy atom. The molecule has 0 saturated carbocycles. The molecule has 0 spiro atoms. The van der Waals surface area contributed by atoms with Gasteiger partial charge in [0.25, 0.3) is 0 Å². The first-order valence-corrected chi connectivity index (χ1v) is 6.28. The van der Waals surface area contributed by atoms with Crippen molar-refractivity contribution in [2.45, 2.75) is 25.9 Å². The largest absolute Gasteiger partial charge is 0.379 e. The predicted molar refractivity (Wildman–Crippen MR) is 70.0 cm³/mol. The van der Waals surface area contributed by atoms with E-state index in [1.54, 1.807) is 0 Å². The first-order chi connectivity index (χ1) is 8.58. The maximum atomic E-state index is 12.0. The van der Waals surface area contributed by atoms with E-state index in [2.05, 4.69) is 5.32 Å². The van der Waals surface area contributed by atoms with Gasteiger partial charge in [-0.15, -0.1) is 0 Å². The zero-order valence-electron chi connectivity index (χ0n) is 10.8. The van der Waals surface area contributed by atoms with Crippen LogP contribution in [0.15, 0.2) is 24.3 Å². The molecule has 4 nitrogen and oxygen atoms in total. The number of amides is 1. The van der Waals surface area contributed by atoms with Gasteiger partial charge in [0.05, 0.1) is 25.2 Å². The first-order valence-electron chi connectivity index (χ1n) is 6.28. The standard InChI is InChI=1S/C14H20N2O2/c1-9-3-5-11(6-4-9)10(2)16-14(17)12-7-18-8-13(12)15/h3-6,10,12-13H,7-8,15H2,1-2H3,(H,16,17)/t10-,12?,13?/m1/s1. The molecule has 0 aromatic heterocycles. The van der Waals surface area contributed by atoms with Gasteiger partial charge in [-0.05, 0) is 19.4 Å². The molecule has 1 saturated heterocycles. The number of rotatable bonds is 3. The minimum atomic E-state index is -0.224. The van der Waals surface area contributed by atoms with Crippen LogP contribution in [0, 0.1) is 12.8 Å². The van der Waals surface area contributed by atoms with Crippen LogP contribution in [-0.2, 0) is 9.53 Å². The average Bonchev–Trinajstić information content (AvgIpc) is 2.76. The zero-order chi connectivity index (χ0) is 13.1. The molecule has 0 bridgehead atoms. The number of hydrogen-bond acceptors (Lipinski definition) is 3. The summed E-state index contributed by atoms with van der Waals surface area (Å²) in [6.07, 6.45) is 0. The number of carbonyl (C=O) groups is 1. The van der Waals surface area contributed by atoms with Crippen molar-refractivity contribution in [2.24, 2.45) is 11.7 Å². The van der Waals surface area contributed by atoms with Crippen LogP contribution in [0.3, 0.4) is 0 Å². The summed E-state index contributed by atoms with van der Waals surface area (Å²) in [4.78, 5) is 12.0. The SMILES string of the molecule is Cc1ccc([C@@H](C)NC(=O)C2COCC2N)cc1. The van der Waals surface area contributed by atoms with E-state index in [1.165, 1.54) is 5.56 Å². The lowest BCUT2D eigenvalue weighted by molar-refractivity contribution is -0.125. The highest BCUT2D eigenvalue weighted by Gasteiger charge is 2.31. The number of hydrogen-bond donors (Lipinski definition) is 2. The summed E-state index contributed by atoms with van der Waals surface area (Å²) in [5, 5.41) is 2.99. The van der Waals surface area contributed by atoms with Crippen molar-refractivity contribution in [2.75, 3.05) is 13.2 Å². The minimum Gasteiger partial charge on any atom is -0.379 e. The monoisotopic (exact) mass is 248 g/mol. The molecule has 2 unspecified atom stereocenters. The third-order valence-corrected chi connectivity index (χ3v) is 3.40. The third-order valence-electron chi connectivity index (χ3n) is 3.40. The first kappa shape index (κ1) is 13.1. The molecule has 1 heterocycles. The van der Waals surface area contributed by atoms with Crippen molar-refractivity contribution in [1.29, 1.82) is 0 Å². The lowest BCUT2D eigenvalue weighted by Gasteiger charge is -2.19. The molecule has 0 radical (unpaired) electrons. The molecule has 98 valence electrons. The minimum absolute atomic E-state index is 0.00843. The van der Waals surface area contributed by atoms with E-state index in [1.807, 2.05) is 38.1 Å².